The third-order valence-electron chi connectivity index (χ3n) is 8.75. The Kier molecular flexibility index (Phi) is 6.74. The highest BCUT2D eigenvalue weighted by Crippen LogP contribution is 2.50. The van der Waals surface area contributed by atoms with E-state index in [1.54, 1.807) is 19.2 Å². The summed E-state index contributed by atoms with van der Waals surface area (Å²) in [5.74, 6) is 1.85. The minimum atomic E-state index is -1.06. The van der Waals surface area contributed by atoms with Crippen LogP contribution in [0.4, 0.5) is 10.1 Å². The van der Waals surface area contributed by atoms with Crippen LogP contribution in [0.1, 0.15) is 53.4 Å². The second kappa shape index (κ2) is 10.2. The van der Waals surface area contributed by atoms with Crippen molar-refractivity contribution in [2.75, 3.05) is 31.3 Å². The van der Waals surface area contributed by atoms with Gasteiger partial charge in [-0.2, -0.15) is 0 Å². The molecule has 0 amide bonds. The fourth-order valence-electron chi connectivity index (χ4n) is 6.78. The van der Waals surface area contributed by atoms with Crippen LogP contribution in [-0.4, -0.2) is 51.8 Å². The highest BCUT2D eigenvalue weighted by molar-refractivity contribution is 6.85. The molecule has 197 valence electrons. The first kappa shape index (κ1) is 25.1. The average Bonchev–Trinajstić information content (AvgIpc) is 3.35. The van der Waals surface area contributed by atoms with Gasteiger partial charge in [-0.3, -0.25) is 0 Å². The van der Waals surface area contributed by atoms with Crippen LogP contribution in [0.15, 0.2) is 60.7 Å². The van der Waals surface area contributed by atoms with Crippen molar-refractivity contribution in [1.29, 1.82) is 0 Å². The van der Waals surface area contributed by atoms with Crippen LogP contribution in [0, 0.1) is 5.82 Å². The molecule has 2 saturated heterocycles. The molecule has 1 aliphatic carbocycles. The van der Waals surface area contributed by atoms with Gasteiger partial charge < -0.3 is 24.3 Å². The largest absolute Gasteiger partial charge is 0.508 e. The molecule has 2 aliphatic heterocycles. The molecular formula is C31H33FNO4Si. The van der Waals surface area contributed by atoms with Gasteiger partial charge in [0.2, 0.25) is 0 Å². The number of benzene rings is 3. The smallest absolute Gasteiger partial charge is 0.163 e. The molecule has 1 N–H and O–H groups in total. The second-order valence-electron chi connectivity index (χ2n) is 10.9. The molecule has 1 spiro atoms. The Balaban J connectivity index is 1.35. The van der Waals surface area contributed by atoms with E-state index in [1.807, 2.05) is 24.3 Å². The predicted octanol–water partition coefficient (Wildman–Crippen LogP) is 5.58. The molecule has 3 aliphatic rings. The number of hydrogen-bond acceptors (Lipinski definition) is 5. The summed E-state index contributed by atoms with van der Waals surface area (Å²) < 4.78 is 28.0. The molecule has 2 atom stereocenters. The van der Waals surface area contributed by atoms with Crippen molar-refractivity contribution in [3.63, 3.8) is 0 Å². The number of phenolic OH excluding ortho intramolecular Hbond substituents is 1. The Morgan fingerprint density at radius 2 is 1.89 bits per heavy atom. The molecule has 0 aromatic heterocycles. The van der Waals surface area contributed by atoms with Crippen LogP contribution in [-0.2, 0) is 16.0 Å². The highest BCUT2D eigenvalue weighted by Gasteiger charge is 2.44. The summed E-state index contributed by atoms with van der Waals surface area (Å²) in [4.78, 5) is 13.4. The molecule has 3 aromatic rings. The van der Waals surface area contributed by atoms with Gasteiger partial charge in [-0.25, -0.2) is 4.39 Å². The van der Waals surface area contributed by atoms with E-state index in [0.29, 0.717) is 30.8 Å². The third-order valence-corrected chi connectivity index (χ3v) is 10.7. The molecule has 1 radical (unpaired) electrons. The lowest BCUT2D eigenvalue weighted by Gasteiger charge is -2.40. The predicted molar refractivity (Wildman–Crippen MR) is 148 cm³/mol. The first-order valence-corrected chi connectivity index (χ1v) is 15.4. The number of rotatable bonds is 5. The molecule has 2 fully saturated rings. The summed E-state index contributed by atoms with van der Waals surface area (Å²) in [5, 5.41) is 10.1. The lowest BCUT2D eigenvalue weighted by atomic mass is 9.69. The van der Waals surface area contributed by atoms with E-state index in [9.17, 15) is 9.90 Å². The molecule has 0 bridgehead atoms. The van der Waals surface area contributed by atoms with Crippen LogP contribution in [0.5, 0.6) is 11.5 Å². The number of anilines is 1. The summed E-state index contributed by atoms with van der Waals surface area (Å²) in [6, 6.07) is 20.3. The van der Waals surface area contributed by atoms with Gasteiger partial charge >= 0.3 is 0 Å². The standard InChI is InChI=1S/C31H33FNO4Si/c1-36-29-17-28(33-13-11-31(12-14-33)18-38(19-34)20-37-31)27(32)16-26(29)30-24(21-5-3-2-4-6-21)9-7-22-15-23(35)8-10-25(22)30/h2-6,8,10,15-17,19,24,30,35H,7,9,11-14,18,20H2,1H3/t24-,30+/m1/s1. The van der Waals surface area contributed by atoms with Crippen molar-refractivity contribution in [2.45, 2.75) is 49.2 Å². The number of halogens is 1. The van der Waals surface area contributed by atoms with E-state index in [4.69, 9.17) is 9.47 Å². The number of aromatic hydroxyl groups is 1. The Labute approximate surface area is 224 Å². The lowest BCUT2D eigenvalue weighted by Crippen LogP contribution is -2.44. The van der Waals surface area contributed by atoms with Gasteiger partial charge in [-0.15, -0.1) is 0 Å². The van der Waals surface area contributed by atoms with Gasteiger partial charge in [-0.1, -0.05) is 36.4 Å². The lowest BCUT2D eigenvalue weighted by molar-refractivity contribution is -0.00703. The fourth-order valence-corrected chi connectivity index (χ4v) is 8.81. The van der Waals surface area contributed by atoms with Gasteiger partial charge in [0.15, 0.2) is 8.80 Å². The van der Waals surface area contributed by atoms with Gasteiger partial charge in [0.25, 0.3) is 0 Å². The maximum Gasteiger partial charge on any atom is 0.163 e. The Bertz CT molecular complexity index is 1320. The minimum Gasteiger partial charge on any atom is -0.508 e. The van der Waals surface area contributed by atoms with E-state index in [0.717, 1.165) is 54.3 Å². The number of carbonyl (C=O) groups excluding carboxylic acids is 1. The molecule has 5 nitrogen and oxygen atoms in total. The first-order valence-electron chi connectivity index (χ1n) is 13.4. The van der Waals surface area contributed by atoms with E-state index in [2.05, 4.69) is 29.2 Å². The molecule has 0 saturated carbocycles. The Hall–Kier alpha value is -3.16. The number of piperidine rings is 1. The SMILES string of the molecule is COc1cc(N2CCC3(CC2)C[Si](C=O)CO3)c(F)cc1[C@@H]1c2ccc(O)cc2CC[C@@H]1c1ccccc1. The fraction of sp³-hybridized carbons (Fsp3) is 0.387. The molecular weight excluding hydrogens is 497 g/mol. The third kappa shape index (κ3) is 4.52. The molecule has 6 rings (SSSR count). The molecule has 38 heavy (non-hydrogen) atoms. The average molecular weight is 531 g/mol. The number of methoxy groups -OCH3 is 1. The zero-order valence-electron chi connectivity index (χ0n) is 21.7. The summed E-state index contributed by atoms with van der Waals surface area (Å²) in [5.41, 5.74) is 4.60. The summed E-state index contributed by atoms with van der Waals surface area (Å²) in [6.45, 7) is 1.37. The Morgan fingerprint density at radius 1 is 1.11 bits per heavy atom. The summed E-state index contributed by atoms with van der Waals surface area (Å²) in [7, 11) is 0.591. The summed E-state index contributed by atoms with van der Waals surface area (Å²) in [6.07, 6.45) is 3.94. The first-order chi connectivity index (χ1) is 18.5. The van der Waals surface area contributed by atoms with Gasteiger partial charge in [-0.05, 0) is 72.5 Å². The topological polar surface area (TPSA) is 59.0 Å². The van der Waals surface area contributed by atoms with E-state index < -0.39 is 8.80 Å². The number of phenols is 1. The number of ether oxygens (including phenoxy) is 2. The van der Waals surface area contributed by atoms with Crippen LogP contribution in [0.2, 0.25) is 6.04 Å². The van der Waals surface area contributed by atoms with Crippen molar-refractivity contribution < 1.29 is 23.8 Å². The van der Waals surface area contributed by atoms with Crippen molar-refractivity contribution in [2.24, 2.45) is 0 Å². The van der Waals surface area contributed by atoms with Crippen molar-refractivity contribution in [3.05, 3.63) is 88.7 Å². The number of hydrogen-bond donors (Lipinski definition) is 1. The van der Waals surface area contributed by atoms with E-state index in [1.165, 1.54) is 5.56 Å². The van der Waals surface area contributed by atoms with Crippen molar-refractivity contribution in [3.8, 4) is 11.5 Å². The number of aryl methyl sites for hydroxylation is 1. The molecule has 7 heteroatoms. The number of nitrogens with zero attached hydrogens (tertiary/aromatic N) is 1. The van der Waals surface area contributed by atoms with Gasteiger partial charge in [0.1, 0.15) is 23.2 Å². The van der Waals surface area contributed by atoms with Gasteiger partial charge in [0, 0.05) is 36.9 Å². The van der Waals surface area contributed by atoms with Crippen molar-refractivity contribution >= 4 is 20.4 Å². The van der Waals surface area contributed by atoms with Crippen LogP contribution in [0.25, 0.3) is 0 Å². The zero-order chi connectivity index (χ0) is 26.3. The maximum atomic E-state index is 16.0. The van der Waals surface area contributed by atoms with Crippen LogP contribution < -0.4 is 9.64 Å². The minimum absolute atomic E-state index is 0.0966. The quantitative estimate of drug-likeness (QED) is 0.345. The summed E-state index contributed by atoms with van der Waals surface area (Å²) >= 11 is 0. The monoisotopic (exact) mass is 530 g/mol. The van der Waals surface area contributed by atoms with Crippen LogP contribution >= 0.6 is 0 Å². The molecule has 3 aromatic carbocycles. The highest BCUT2D eigenvalue weighted by atomic mass is 28.3. The second-order valence-corrected chi connectivity index (χ2v) is 13.1. The maximum absolute atomic E-state index is 16.0. The normalized spacial score (nSPS) is 22.8. The van der Waals surface area contributed by atoms with Crippen molar-refractivity contribution in [1.82, 2.24) is 0 Å². The number of carbonyl (C=O) groups is 1. The Morgan fingerprint density at radius 3 is 2.61 bits per heavy atom. The van der Waals surface area contributed by atoms with Crippen LogP contribution in [0.3, 0.4) is 0 Å². The van der Waals surface area contributed by atoms with Gasteiger partial charge in [0.05, 0.1) is 18.4 Å². The molecule has 2 heterocycles. The molecule has 0 unspecified atom stereocenters. The van der Waals surface area contributed by atoms with E-state index >= 15 is 4.39 Å². The zero-order valence-corrected chi connectivity index (χ0v) is 22.7. The number of fused-ring (bicyclic) bond motifs is 1. The van der Waals surface area contributed by atoms with E-state index in [-0.39, 0.29) is 29.0 Å².